The van der Waals surface area contributed by atoms with E-state index in [0.29, 0.717) is 6.42 Å². The first kappa shape index (κ1) is 19.0. The molecule has 0 bridgehead atoms. The maximum Gasteiger partial charge on any atom is 0.529 e. The van der Waals surface area contributed by atoms with Gasteiger partial charge in [0.05, 0.1) is 6.61 Å². The molecule has 0 saturated heterocycles. The van der Waals surface area contributed by atoms with Crippen molar-refractivity contribution in [1.82, 2.24) is 0 Å². The van der Waals surface area contributed by atoms with E-state index in [1.807, 2.05) is 0 Å². The van der Waals surface area contributed by atoms with Crippen molar-refractivity contribution in [3.63, 3.8) is 0 Å². The third-order valence-corrected chi connectivity index (χ3v) is 3.85. The van der Waals surface area contributed by atoms with Gasteiger partial charge in [-0.15, -0.1) is 9.35 Å². The van der Waals surface area contributed by atoms with Crippen molar-refractivity contribution in [2.75, 3.05) is 6.61 Å². The lowest BCUT2D eigenvalue weighted by Gasteiger charge is -2.09. The summed E-state index contributed by atoms with van der Waals surface area (Å²) >= 11 is 0. The van der Waals surface area contributed by atoms with E-state index in [2.05, 4.69) is 20.8 Å². The van der Waals surface area contributed by atoms with Gasteiger partial charge in [0.25, 0.3) is 0 Å². The van der Waals surface area contributed by atoms with Crippen molar-refractivity contribution in [3.05, 3.63) is 0 Å². The third kappa shape index (κ3) is 11.5. The van der Waals surface area contributed by atoms with Crippen LogP contribution in [0.25, 0.3) is 0 Å². The second-order valence-electron chi connectivity index (χ2n) is 4.63. The molecule has 0 aliphatic heterocycles. The Morgan fingerprint density at radius 1 is 0.789 bits per heavy atom. The summed E-state index contributed by atoms with van der Waals surface area (Å²) in [5.74, 6) is 0. The second kappa shape index (κ2) is 13.0. The summed E-state index contributed by atoms with van der Waals surface area (Å²) in [4.78, 5) is 0. The molecule has 0 radical (unpaired) electrons. The summed E-state index contributed by atoms with van der Waals surface area (Å²) < 4.78 is 22.5. The monoisotopic (exact) mass is 298 g/mol. The Bertz CT molecular complexity index is 228. The van der Waals surface area contributed by atoms with E-state index in [4.69, 9.17) is 10.5 Å². The van der Waals surface area contributed by atoms with E-state index in [-0.39, 0.29) is 6.61 Å². The lowest BCUT2D eigenvalue weighted by Crippen LogP contribution is -1.97. The molecule has 0 spiro atoms. The first-order valence-electron chi connectivity index (χ1n) is 7.09. The minimum atomic E-state index is -4.15. The molecule has 0 aromatic heterocycles. The van der Waals surface area contributed by atoms with Crippen LogP contribution in [0.2, 0.25) is 0 Å². The van der Waals surface area contributed by atoms with E-state index in [1.165, 1.54) is 44.9 Å². The average molecular weight is 298 g/mol. The Morgan fingerprint density at radius 2 is 1.21 bits per heavy atom. The Labute approximate surface area is 115 Å². The highest BCUT2D eigenvalue weighted by Crippen LogP contribution is 2.47. The fourth-order valence-electron chi connectivity index (χ4n) is 1.83. The summed E-state index contributed by atoms with van der Waals surface area (Å²) in [5.41, 5.74) is 0. The quantitative estimate of drug-likeness (QED) is 0.203. The normalized spacial score (nSPS) is 11.9. The van der Waals surface area contributed by atoms with Gasteiger partial charge in [-0.2, -0.15) is 0 Å². The van der Waals surface area contributed by atoms with Crippen LogP contribution in [0.15, 0.2) is 0 Å². The van der Waals surface area contributed by atoms with E-state index >= 15 is 0 Å². The van der Waals surface area contributed by atoms with Gasteiger partial charge in [-0.05, 0) is 6.42 Å². The molecular weight excluding hydrogens is 271 g/mol. The zero-order valence-corrected chi connectivity index (χ0v) is 12.6. The van der Waals surface area contributed by atoms with Gasteiger partial charge in [0.1, 0.15) is 0 Å². The summed E-state index contributed by atoms with van der Waals surface area (Å²) in [6, 6.07) is 0. The molecule has 0 amide bonds. The van der Waals surface area contributed by atoms with Crippen LogP contribution in [0.5, 0.6) is 0 Å². The van der Waals surface area contributed by atoms with Crippen molar-refractivity contribution in [2.45, 2.75) is 71.1 Å². The number of phosphoric acid groups is 1. The molecule has 6 nitrogen and oxygen atoms in total. The SMILES string of the molecule is CCCCCCCCCCCCOP(=O)(OO)OO. The van der Waals surface area contributed by atoms with Gasteiger partial charge in [0, 0.05) is 0 Å². The first-order chi connectivity index (χ1) is 9.18. The molecule has 19 heavy (non-hydrogen) atoms. The van der Waals surface area contributed by atoms with Gasteiger partial charge in [-0.25, -0.2) is 15.1 Å². The zero-order valence-electron chi connectivity index (χ0n) is 11.8. The maximum atomic E-state index is 11.0. The fraction of sp³-hybridized carbons (Fsp3) is 1.00. The molecule has 116 valence electrons. The predicted octanol–water partition coefficient (Wildman–Crippen LogP) is 5.01. The zero-order chi connectivity index (χ0) is 14.4. The molecule has 0 aromatic rings. The summed E-state index contributed by atoms with van der Waals surface area (Å²) in [6.07, 6.45) is 11.7. The Kier molecular flexibility index (Phi) is 13.1. The van der Waals surface area contributed by atoms with Crippen molar-refractivity contribution in [3.8, 4) is 0 Å². The minimum absolute atomic E-state index is 0.120. The van der Waals surface area contributed by atoms with Crippen LogP contribution >= 0.6 is 7.82 Å². The standard InChI is InChI=1S/C12H27O6P/c1-2-3-4-5-6-7-8-9-10-11-12-16-19(15,17-13)18-14/h13-14H,2-12H2,1H3. The van der Waals surface area contributed by atoms with Gasteiger partial charge in [-0.1, -0.05) is 64.7 Å². The summed E-state index contributed by atoms with van der Waals surface area (Å²) in [6.45, 7) is 2.33. The van der Waals surface area contributed by atoms with Crippen LogP contribution in [0, 0.1) is 0 Å². The number of hydrogen-bond donors (Lipinski definition) is 2. The molecule has 0 aliphatic rings. The Morgan fingerprint density at radius 3 is 1.63 bits per heavy atom. The number of hydrogen-bond acceptors (Lipinski definition) is 6. The topological polar surface area (TPSA) is 85.2 Å². The van der Waals surface area contributed by atoms with Gasteiger partial charge < -0.3 is 0 Å². The van der Waals surface area contributed by atoms with E-state index in [1.54, 1.807) is 0 Å². The second-order valence-corrected chi connectivity index (χ2v) is 6.10. The largest absolute Gasteiger partial charge is 0.529 e. The highest BCUT2D eigenvalue weighted by atomic mass is 31.2. The van der Waals surface area contributed by atoms with Gasteiger partial charge in [0.15, 0.2) is 0 Å². The van der Waals surface area contributed by atoms with Crippen LogP contribution in [0.1, 0.15) is 71.1 Å². The molecule has 0 saturated carbocycles. The highest BCUT2D eigenvalue weighted by Gasteiger charge is 2.26. The van der Waals surface area contributed by atoms with Crippen molar-refractivity contribution in [1.29, 1.82) is 0 Å². The molecular formula is C12H27O6P. The molecule has 0 atom stereocenters. The van der Waals surface area contributed by atoms with Crippen molar-refractivity contribution >= 4 is 7.82 Å². The van der Waals surface area contributed by atoms with E-state index < -0.39 is 7.82 Å². The van der Waals surface area contributed by atoms with Crippen molar-refractivity contribution in [2.24, 2.45) is 0 Å². The van der Waals surface area contributed by atoms with Gasteiger partial charge >= 0.3 is 7.82 Å². The van der Waals surface area contributed by atoms with Gasteiger partial charge in [-0.3, -0.25) is 4.52 Å². The Balaban J connectivity index is 3.21. The lowest BCUT2D eigenvalue weighted by atomic mass is 10.1. The average Bonchev–Trinajstić information content (AvgIpc) is 2.44. The maximum absolute atomic E-state index is 11.0. The molecule has 0 rings (SSSR count). The molecule has 0 unspecified atom stereocenters. The molecule has 7 heteroatoms. The highest BCUT2D eigenvalue weighted by molar-refractivity contribution is 7.48. The van der Waals surface area contributed by atoms with Crippen molar-refractivity contribution < 1.29 is 29.0 Å². The smallest absolute Gasteiger partial charge is 0.284 e. The molecule has 0 aromatic carbocycles. The molecule has 0 fully saturated rings. The third-order valence-electron chi connectivity index (χ3n) is 2.95. The van der Waals surface area contributed by atoms with Crippen LogP contribution in [0.4, 0.5) is 0 Å². The minimum Gasteiger partial charge on any atom is -0.284 e. The van der Waals surface area contributed by atoms with Crippen LogP contribution < -0.4 is 0 Å². The fourth-order valence-corrected chi connectivity index (χ4v) is 2.30. The number of rotatable bonds is 14. The molecule has 2 N–H and O–H groups in total. The lowest BCUT2D eigenvalue weighted by molar-refractivity contribution is -0.228. The van der Waals surface area contributed by atoms with Crippen LogP contribution in [-0.4, -0.2) is 17.1 Å². The predicted molar refractivity (Wildman–Crippen MR) is 72.8 cm³/mol. The van der Waals surface area contributed by atoms with Gasteiger partial charge in [0.2, 0.25) is 0 Å². The molecule has 0 heterocycles. The Hall–Kier alpha value is 0.0300. The molecule has 0 aliphatic carbocycles. The van der Waals surface area contributed by atoms with E-state index in [9.17, 15) is 4.57 Å². The van der Waals surface area contributed by atoms with Crippen LogP contribution in [-0.2, 0) is 18.4 Å². The van der Waals surface area contributed by atoms with E-state index in [0.717, 1.165) is 12.8 Å². The first-order valence-corrected chi connectivity index (χ1v) is 8.55. The summed E-state index contributed by atoms with van der Waals surface area (Å²) in [5, 5.41) is 16.3. The van der Waals surface area contributed by atoms with Crippen LogP contribution in [0.3, 0.4) is 0 Å². The summed E-state index contributed by atoms with van der Waals surface area (Å²) in [7, 11) is -4.15. The number of unbranched alkanes of at least 4 members (excludes halogenated alkanes) is 9.